The number of aliphatic hydroxyl groups is 1. The Kier molecular flexibility index (Phi) is 77.9. The Bertz CT molecular complexity index is 2050. The van der Waals surface area contributed by atoms with Gasteiger partial charge in [-0.15, -0.1) is 0 Å². The fraction of sp³-hybridized carbons (Fsp3) is 0.955. The Hall–Kier alpha value is -1.94. The number of aliphatic hydroxyl groups excluding tert-OH is 1. The van der Waals surface area contributed by atoms with E-state index in [4.69, 9.17) is 37.0 Å². The average molecular weight is 1560 g/mol. The van der Waals surface area contributed by atoms with E-state index in [0.717, 1.165) is 108 Å². The predicted molar refractivity (Wildman–Crippen MR) is 442 cm³/mol. The van der Waals surface area contributed by atoms with Crippen molar-refractivity contribution in [2.45, 2.75) is 490 Å². The first-order valence-electron chi connectivity index (χ1n) is 45.5. The standard InChI is InChI=1S/C88H172O17P2/c1-7-10-12-14-15-16-17-18-19-20-21-29-34-39-44-49-54-60-66-72-87(92)104-83(76-98-85(90)70-64-56-13-11-8-2)78-102-106(94,95)100-74-82(89)75-101-107(96,97)103-79-84(77-99-86(91)71-65-59-53-48-43-38-33-28-24-22-26-31-36-41-46-51-57-62-68-80(4)5)105-88(93)73-67-61-55-50-45-40-35-30-25-23-27-32-37-42-47-52-58-63-69-81(6)9-3/h80-84,89H,7-79H2,1-6H3,(H,94,95)(H,96,97)/t81?,82-,83+,84+/m0/s1. The summed E-state index contributed by atoms with van der Waals surface area (Å²) in [4.78, 5) is 73.0. The highest BCUT2D eigenvalue weighted by atomic mass is 31.2. The quantitative estimate of drug-likeness (QED) is 0.0222. The third kappa shape index (κ3) is 80.5. The molecule has 0 heterocycles. The molecule has 0 spiro atoms. The number of phosphoric ester groups is 2. The average Bonchev–Trinajstić information content (AvgIpc) is 0.900. The number of rotatable bonds is 87. The second-order valence-corrected chi connectivity index (χ2v) is 35.3. The van der Waals surface area contributed by atoms with Crippen LogP contribution in [-0.4, -0.2) is 96.7 Å². The molecule has 3 N–H and O–H groups in total. The molecule has 0 saturated heterocycles. The van der Waals surface area contributed by atoms with Crippen LogP contribution in [0, 0.1) is 11.8 Å². The lowest BCUT2D eigenvalue weighted by molar-refractivity contribution is -0.161. The van der Waals surface area contributed by atoms with Gasteiger partial charge < -0.3 is 33.8 Å². The van der Waals surface area contributed by atoms with Crippen LogP contribution in [0.25, 0.3) is 0 Å². The molecule has 0 radical (unpaired) electrons. The monoisotopic (exact) mass is 1560 g/mol. The molecular weight excluding hydrogens is 1390 g/mol. The summed E-state index contributed by atoms with van der Waals surface area (Å²) in [6, 6.07) is 0. The van der Waals surface area contributed by atoms with Crippen LogP contribution in [-0.2, 0) is 65.4 Å². The predicted octanol–water partition coefficient (Wildman–Crippen LogP) is 27.0. The second-order valence-electron chi connectivity index (χ2n) is 32.4. The van der Waals surface area contributed by atoms with Crippen molar-refractivity contribution >= 4 is 39.5 Å². The lowest BCUT2D eigenvalue weighted by atomic mass is 9.99. The summed E-state index contributed by atoms with van der Waals surface area (Å²) in [5.74, 6) is -0.418. The summed E-state index contributed by atoms with van der Waals surface area (Å²) < 4.78 is 68.7. The number of phosphoric acid groups is 2. The molecule has 0 aromatic rings. The molecule has 0 aromatic carbocycles. The van der Waals surface area contributed by atoms with Crippen molar-refractivity contribution in [3.8, 4) is 0 Å². The van der Waals surface area contributed by atoms with E-state index in [1.165, 1.54) is 283 Å². The summed E-state index contributed by atoms with van der Waals surface area (Å²) in [5, 5.41) is 10.6. The molecule has 0 aliphatic carbocycles. The smallest absolute Gasteiger partial charge is 0.462 e. The fourth-order valence-corrected chi connectivity index (χ4v) is 15.3. The van der Waals surface area contributed by atoms with Crippen molar-refractivity contribution in [2.24, 2.45) is 11.8 Å². The third-order valence-electron chi connectivity index (χ3n) is 21.1. The van der Waals surface area contributed by atoms with Gasteiger partial charge in [-0.2, -0.15) is 0 Å². The molecule has 0 aromatic heterocycles. The largest absolute Gasteiger partial charge is 0.472 e. The van der Waals surface area contributed by atoms with Crippen molar-refractivity contribution in [2.75, 3.05) is 39.6 Å². The van der Waals surface area contributed by atoms with E-state index < -0.39 is 97.5 Å². The number of carbonyl (C=O) groups excluding carboxylic acids is 4. The van der Waals surface area contributed by atoms with Gasteiger partial charge in [0.05, 0.1) is 26.4 Å². The zero-order chi connectivity index (χ0) is 78.5. The molecule has 0 amide bonds. The van der Waals surface area contributed by atoms with Gasteiger partial charge in [-0.05, 0) is 37.5 Å². The maximum Gasteiger partial charge on any atom is 0.472 e. The highest BCUT2D eigenvalue weighted by Gasteiger charge is 2.30. The summed E-state index contributed by atoms with van der Waals surface area (Å²) >= 11 is 0. The summed E-state index contributed by atoms with van der Waals surface area (Å²) in [5.41, 5.74) is 0. The number of ether oxygens (including phenoxy) is 4. The Morgan fingerprint density at radius 1 is 0.271 bits per heavy atom. The highest BCUT2D eigenvalue weighted by Crippen LogP contribution is 2.45. The van der Waals surface area contributed by atoms with E-state index in [0.29, 0.717) is 25.7 Å². The van der Waals surface area contributed by atoms with Crippen LogP contribution in [0.2, 0.25) is 0 Å². The van der Waals surface area contributed by atoms with Gasteiger partial charge in [0.2, 0.25) is 0 Å². The molecule has 19 heteroatoms. The minimum Gasteiger partial charge on any atom is -0.462 e. The van der Waals surface area contributed by atoms with Crippen molar-refractivity contribution in [1.29, 1.82) is 0 Å². The zero-order valence-corrected chi connectivity index (χ0v) is 72.2. The highest BCUT2D eigenvalue weighted by molar-refractivity contribution is 7.47. The molecule has 3 unspecified atom stereocenters. The Morgan fingerprint density at radius 2 is 0.477 bits per heavy atom. The molecule has 0 bridgehead atoms. The molecule has 6 atom stereocenters. The van der Waals surface area contributed by atoms with Crippen molar-refractivity contribution in [3.05, 3.63) is 0 Å². The van der Waals surface area contributed by atoms with E-state index in [1.807, 2.05) is 0 Å². The number of hydrogen-bond acceptors (Lipinski definition) is 15. The van der Waals surface area contributed by atoms with E-state index in [2.05, 4.69) is 41.5 Å². The Morgan fingerprint density at radius 3 is 0.710 bits per heavy atom. The number of hydrogen-bond donors (Lipinski definition) is 3. The molecule has 0 aliphatic rings. The lowest BCUT2D eigenvalue weighted by Crippen LogP contribution is -2.30. The zero-order valence-electron chi connectivity index (χ0n) is 70.5. The minimum atomic E-state index is -4.96. The second kappa shape index (κ2) is 79.3. The molecule has 0 aliphatic heterocycles. The first kappa shape index (κ1) is 105. The maximum absolute atomic E-state index is 13.1. The van der Waals surface area contributed by atoms with E-state index in [1.54, 1.807) is 0 Å². The van der Waals surface area contributed by atoms with Crippen LogP contribution in [0.4, 0.5) is 0 Å². The maximum atomic E-state index is 13.1. The molecule has 0 rings (SSSR count). The van der Waals surface area contributed by atoms with Crippen molar-refractivity contribution < 1.29 is 80.2 Å². The van der Waals surface area contributed by atoms with Gasteiger partial charge in [-0.3, -0.25) is 37.3 Å². The molecular formula is C88H172O17P2. The van der Waals surface area contributed by atoms with Crippen LogP contribution >= 0.6 is 15.6 Å². The normalized spacial score (nSPS) is 14.0. The van der Waals surface area contributed by atoms with E-state index in [9.17, 15) is 43.2 Å². The first-order chi connectivity index (χ1) is 51.9. The van der Waals surface area contributed by atoms with Gasteiger partial charge in [0.25, 0.3) is 0 Å². The van der Waals surface area contributed by atoms with Crippen LogP contribution in [0.1, 0.15) is 472 Å². The fourth-order valence-electron chi connectivity index (χ4n) is 13.7. The summed E-state index contributed by atoms with van der Waals surface area (Å²) in [7, 11) is -9.92. The number of esters is 4. The topological polar surface area (TPSA) is 237 Å². The van der Waals surface area contributed by atoms with E-state index in [-0.39, 0.29) is 25.7 Å². The van der Waals surface area contributed by atoms with Crippen molar-refractivity contribution in [1.82, 2.24) is 0 Å². The van der Waals surface area contributed by atoms with Gasteiger partial charge in [0.15, 0.2) is 12.2 Å². The van der Waals surface area contributed by atoms with Crippen LogP contribution in [0.5, 0.6) is 0 Å². The van der Waals surface area contributed by atoms with Gasteiger partial charge in [0, 0.05) is 25.7 Å². The number of carbonyl (C=O) groups is 4. The summed E-state index contributed by atoms with van der Waals surface area (Å²) in [6.45, 7) is 9.70. The SMILES string of the molecule is CCCCCCCCCCCCCCCCCCCCCC(=O)O[C@H](COC(=O)CCCCCCC)COP(=O)(O)OC[C@H](O)COP(=O)(O)OC[C@@H](COC(=O)CCCCCCCCCCCCCCCCCCCCC(C)C)OC(=O)CCCCCCCCCCCCCCCCCCCCC(C)CC. The first-order valence-corrected chi connectivity index (χ1v) is 48.5. The van der Waals surface area contributed by atoms with E-state index >= 15 is 0 Å². The Balaban J connectivity index is 5.09. The van der Waals surface area contributed by atoms with Gasteiger partial charge in [-0.1, -0.05) is 420 Å². The third-order valence-corrected chi connectivity index (χ3v) is 23.0. The van der Waals surface area contributed by atoms with Crippen LogP contribution in [0.3, 0.4) is 0 Å². The van der Waals surface area contributed by atoms with Gasteiger partial charge in [0.1, 0.15) is 19.3 Å². The Labute approximate surface area is 658 Å². The molecule has 0 saturated carbocycles. The molecule has 107 heavy (non-hydrogen) atoms. The molecule has 17 nitrogen and oxygen atoms in total. The summed E-state index contributed by atoms with van der Waals surface area (Å²) in [6.07, 6.45) is 72.8. The van der Waals surface area contributed by atoms with Crippen LogP contribution in [0.15, 0.2) is 0 Å². The lowest BCUT2D eigenvalue weighted by Gasteiger charge is -2.21. The minimum absolute atomic E-state index is 0.108. The van der Waals surface area contributed by atoms with Gasteiger partial charge >= 0.3 is 39.5 Å². The number of unbranched alkanes of at least 4 members (excludes halogenated alkanes) is 56. The molecule has 0 fully saturated rings. The van der Waals surface area contributed by atoms with Gasteiger partial charge in [-0.25, -0.2) is 9.13 Å². The molecule has 636 valence electrons. The van der Waals surface area contributed by atoms with Crippen molar-refractivity contribution in [3.63, 3.8) is 0 Å². The van der Waals surface area contributed by atoms with Crippen LogP contribution < -0.4 is 0 Å².